The van der Waals surface area contributed by atoms with E-state index in [1.807, 2.05) is 80.5 Å². The summed E-state index contributed by atoms with van der Waals surface area (Å²) in [4.78, 5) is 29.4. The highest BCUT2D eigenvalue weighted by atomic mass is 16.4. The first kappa shape index (κ1) is 24.3. The third-order valence-corrected chi connectivity index (χ3v) is 4.74. The van der Waals surface area contributed by atoms with Crippen LogP contribution in [-0.2, 0) is 16.0 Å². The minimum absolute atomic E-state index is 0.103. The molecule has 0 atom stereocenters. The molecular formula is C26H29N3O3. The number of amides is 1. The summed E-state index contributed by atoms with van der Waals surface area (Å²) in [5.74, 6) is -1.11. The van der Waals surface area contributed by atoms with Crippen molar-refractivity contribution in [2.24, 2.45) is 4.99 Å². The fourth-order valence-corrected chi connectivity index (χ4v) is 2.79. The van der Waals surface area contributed by atoms with Crippen LogP contribution in [0.4, 0.5) is 5.69 Å². The van der Waals surface area contributed by atoms with Crippen molar-refractivity contribution in [3.05, 3.63) is 95.3 Å². The molecular weight excluding hydrogens is 402 g/mol. The van der Waals surface area contributed by atoms with E-state index in [1.165, 1.54) is 6.08 Å². The molecule has 0 saturated heterocycles. The van der Waals surface area contributed by atoms with Crippen molar-refractivity contribution < 1.29 is 14.7 Å². The summed E-state index contributed by atoms with van der Waals surface area (Å²) in [6.45, 7) is 5.83. The van der Waals surface area contributed by atoms with Crippen LogP contribution >= 0.6 is 0 Å². The summed E-state index contributed by atoms with van der Waals surface area (Å²) in [6, 6.07) is 17.1. The molecule has 166 valence electrons. The van der Waals surface area contributed by atoms with Gasteiger partial charge in [0.2, 0.25) is 5.91 Å². The Balaban J connectivity index is 1.95. The molecule has 1 amide bonds. The van der Waals surface area contributed by atoms with Gasteiger partial charge in [-0.25, -0.2) is 0 Å². The molecule has 0 unspecified atom stereocenters. The number of hydrogen-bond acceptors (Lipinski definition) is 4. The molecule has 32 heavy (non-hydrogen) atoms. The average molecular weight is 432 g/mol. The van der Waals surface area contributed by atoms with Gasteiger partial charge in [0.05, 0.1) is 6.42 Å². The quantitative estimate of drug-likeness (QED) is 0.419. The lowest BCUT2D eigenvalue weighted by Gasteiger charge is -2.15. The molecule has 0 aromatic heterocycles. The second-order valence-electron chi connectivity index (χ2n) is 7.51. The Morgan fingerprint density at radius 3 is 2.34 bits per heavy atom. The first-order valence-electron chi connectivity index (χ1n) is 10.2. The SMILES string of the molecule is C=C(Cc1ccc(NC(=O)/C=C/c2ccccc2)cc1)N=C/C(CC(=O)O)=C(\C)N(C)C. The normalized spacial score (nSPS) is 12.0. The van der Waals surface area contributed by atoms with Gasteiger partial charge in [-0.05, 0) is 36.3 Å². The van der Waals surface area contributed by atoms with Crippen LogP contribution in [0.5, 0.6) is 0 Å². The number of aliphatic imine (C=N–C) groups is 1. The zero-order valence-corrected chi connectivity index (χ0v) is 18.7. The van der Waals surface area contributed by atoms with Gasteiger partial charge in [0.1, 0.15) is 0 Å². The van der Waals surface area contributed by atoms with Gasteiger partial charge < -0.3 is 15.3 Å². The van der Waals surface area contributed by atoms with E-state index < -0.39 is 5.97 Å². The number of rotatable bonds is 10. The number of carboxylic acid groups (broad SMARTS) is 1. The van der Waals surface area contributed by atoms with Gasteiger partial charge in [0.15, 0.2) is 0 Å². The topological polar surface area (TPSA) is 82.0 Å². The van der Waals surface area contributed by atoms with Gasteiger partial charge in [-0.2, -0.15) is 0 Å². The highest BCUT2D eigenvalue weighted by Crippen LogP contribution is 2.15. The number of carboxylic acids is 1. The summed E-state index contributed by atoms with van der Waals surface area (Å²) < 4.78 is 0. The van der Waals surface area contributed by atoms with Crippen LogP contribution in [0.1, 0.15) is 24.5 Å². The molecule has 0 heterocycles. The molecule has 6 heteroatoms. The fourth-order valence-electron chi connectivity index (χ4n) is 2.79. The Morgan fingerprint density at radius 1 is 1.09 bits per heavy atom. The van der Waals surface area contributed by atoms with Crippen LogP contribution in [0.3, 0.4) is 0 Å². The first-order valence-corrected chi connectivity index (χ1v) is 10.2. The molecule has 0 spiro atoms. The monoisotopic (exact) mass is 431 g/mol. The van der Waals surface area contributed by atoms with E-state index in [9.17, 15) is 9.59 Å². The van der Waals surface area contributed by atoms with Crippen molar-refractivity contribution >= 4 is 29.9 Å². The lowest BCUT2D eigenvalue weighted by Crippen LogP contribution is -2.13. The summed E-state index contributed by atoms with van der Waals surface area (Å²) in [5.41, 5.74) is 4.72. The number of carbonyl (C=O) groups is 2. The number of benzene rings is 2. The van der Waals surface area contributed by atoms with Crippen molar-refractivity contribution in [2.45, 2.75) is 19.8 Å². The van der Waals surface area contributed by atoms with Crippen LogP contribution < -0.4 is 5.32 Å². The highest BCUT2D eigenvalue weighted by Gasteiger charge is 2.08. The minimum Gasteiger partial charge on any atom is -0.481 e. The molecule has 2 N–H and O–H groups in total. The van der Waals surface area contributed by atoms with Crippen molar-refractivity contribution in [3.8, 4) is 0 Å². The molecule has 0 saturated carbocycles. The third kappa shape index (κ3) is 8.44. The van der Waals surface area contributed by atoms with E-state index in [2.05, 4.69) is 16.9 Å². The van der Waals surface area contributed by atoms with Gasteiger partial charge in [-0.1, -0.05) is 49.0 Å². The van der Waals surface area contributed by atoms with Crippen molar-refractivity contribution in [1.29, 1.82) is 0 Å². The molecule has 0 radical (unpaired) electrons. The van der Waals surface area contributed by atoms with Gasteiger partial charge >= 0.3 is 5.97 Å². The molecule has 0 aliphatic rings. The molecule has 0 fully saturated rings. The van der Waals surface area contributed by atoms with E-state index in [0.717, 1.165) is 16.8 Å². The summed E-state index contributed by atoms with van der Waals surface area (Å²) in [6.07, 6.45) is 5.24. The van der Waals surface area contributed by atoms with Gasteiger partial charge in [0.25, 0.3) is 0 Å². The lowest BCUT2D eigenvalue weighted by molar-refractivity contribution is -0.136. The Kier molecular flexibility index (Phi) is 9.17. The van der Waals surface area contributed by atoms with E-state index in [-0.39, 0.29) is 12.3 Å². The number of aliphatic carboxylic acids is 1. The Hall–Kier alpha value is -3.93. The second-order valence-corrected chi connectivity index (χ2v) is 7.51. The summed E-state index contributed by atoms with van der Waals surface area (Å²) >= 11 is 0. The molecule has 0 aliphatic heterocycles. The first-order chi connectivity index (χ1) is 15.2. The van der Waals surface area contributed by atoms with Crippen LogP contribution in [0.25, 0.3) is 6.08 Å². The molecule has 0 bridgehead atoms. The molecule has 0 aliphatic carbocycles. The molecule has 2 aromatic rings. The van der Waals surface area contributed by atoms with Gasteiger partial charge in [-0.3, -0.25) is 14.6 Å². The van der Waals surface area contributed by atoms with Crippen molar-refractivity contribution in [3.63, 3.8) is 0 Å². The van der Waals surface area contributed by atoms with Crippen LogP contribution in [0.15, 0.2) is 89.2 Å². The fraction of sp³-hybridized carbons (Fsp3) is 0.192. The van der Waals surface area contributed by atoms with Gasteiger partial charge in [0, 0.05) is 55.5 Å². The Labute approximate surface area is 189 Å². The van der Waals surface area contributed by atoms with E-state index in [4.69, 9.17) is 5.11 Å². The number of hydrogen-bond donors (Lipinski definition) is 2. The standard InChI is InChI=1S/C26H29N3O3/c1-19(27-18-23(17-26(31)32)20(2)29(3)4)16-22-10-13-24(14-11-22)28-25(30)15-12-21-8-6-5-7-9-21/h5-15,18H,1,16-17H2,2-4H3,(H,28,30)(H,31,32)/b15-12+,23-20+,27-18?. The van der Waals surface area contributed by atoms with E-state index in [0.29, 0.717) is 23.4 Å². The van der Waals surface area contributed by atoms with E-state index in [1.54, 1.807) is 12.3 Å². The maximum absolute atomic E-state index is 12.1. The van der Waals surface area contributed by atoms with Gasteiger partial charge in [-0.15, -0.1) is 0 Å². The zero-order chi connectivity index (χ0) is 23.5. The van der Waals surface area contributed by atoms with Crippen LogP contribution in [0, 0.1) is 0 Å². The number of nitrogens with one attached hydrogen (secondary N) is 1. The predicted octanol–water partition coefficient (Wildman–Crippen LogP) is 4.78. The maximum Gasteiger partial charge on any atom is 0.307 e. The number of allylic oxidation sites excluding steroid dienone is 2. The van der Waals surface area contributed by atoms with Crippen LogP contribution in [0.2, 0.25) is 0 Å². The zero-order valence-electron chi connectivity index (χ0n) is 18.7. The number of nitrogens with zero attached hydrogens (tertiary/aromatic N) is 2. The molecule has 6 nitrogen and oxygen atoms in total. The van der Waals surface area contributed by atoms with Crippen molar-refractivity contribution in [1.82, 2.24) is 4.90 Å². The predicted molar refractivity (Wildman–Crippen MR) is 131 cm³/mol. The minimum atomic E-state index is -0.908. The van der Waals surface area contributed by atoms with Crippen molar-refractivity contribution in [2.75, 3.05) is 19.4 Å². The third-order valence-electron chi connectivity index (χ3n) is 4.74. The smallest absolute Gasteiger partial charge is 0.307 e. The second kappa shape index (κ2) is 12.1. The average Bonchev–Trinajstić information content (AvgIpc) is 2.76. The summed E-state index contributed by atoms with van der Waals surface area (Å²) in [7, 11) is 3.72. The molecule has 2 rings (SSSR count). The van der Waals surface area contributed by atoms with E-state index >= 15 is 0 Å². The number of anilines is 1. The highest BCUT2D eigenvalue weighted by molar-refractivity contribution is 6.01. The Morgan fingerprint density at radius 2 is 1.75 bits per heavy atom. The largest absolute Gasteiger partial charge is 0.481 e. The summed E-state index contributed by atoms with van der Waals surface area (Å²) in [5, 5.41) is 12.0. The van der Waals surface area contributed by atoms with Crippen LogP contribution in [-0.4, -0.2) is 42.2 Å². The lowest BCUT2D eigenvalue weighted by atomic mass is 10.1. The maximum atomic E-state index is 12.1. The number of carbonyl (C=O) groups excluding carboxylic acids is 1. The Bertz CT molecular complexity index is 1030. The molecule has 2 aromatic carbocycles.